The summed E-state index contributed by atoms with van der Waals surface area (Å²) in [5.41, 5.74) is 1.15. The average Bonchev–Trinajstić information content (AvgIpc) is 3.30. The normalized spacial score (nSPS) is 22.7. The van der Waals surface area contributed by atoms with Gasteiger partial charge in [-0.25, -0.2) is 9.59 Å². The summed E-state index contributed by atoms with van der Waals surface area (Å²) < 4.78 is 24.1. The van der Waals surface area contributed by atoms with Gasteiger partial charge in [-0.1, -0.05) is 66.7 Å². The Hall–Kier alpha value is -3.48. The van der Waals surface area contributed by atoms with Gasteiger partial charge in [0.1, 0.15) is 13.2 Å². The molecule has 3 aromatic rings. The van der Waals surface area contributed by atoms with Gasteiger partial charge in [0.15, 0.2) is 11.4 Å². The highest BCUT2D eigenvalue weighted by Gasteiger charge is 2.53. The van der Waals surface area contributed by atoms with E-state index in [-0.39, 0.29) is 19.8 Å². The number of carbonyl (C=O) groups excluding carboxylic acids is 2. The van der Waals surface area contributed by atoms with E-state index in [1.807, 2.05) is 18.2 Å². The quantitative estimate of drug-likeness (QED) is 0.409. The van der Waals surface area contributed by atoms with Crippen molar-refractivity contribution >= 4 is 11.9 Å². The van der Waals surface area contributed by atoms with E-state index in [4.69, 9.17) is 18.9 Å². The van der Waals surface area contributed by atoms with E-state index in [9.17, 15) is 9.59 Å². The first-order valence-corrected chi connectivity index (χ1v) is 12.4. The van der Waals surface area contributed by atoms with Crippen LogP contribution in [0.2, 0.25) is 0 Å². The summed E-state index contributed by atoms with van der Waals surface area (Å²) in [5.74, 6) is -1.24. The molecule has 6 heteroatoms. The highest BCUT2D eigenvalue weighted by Crippen LogP contribution is 2.46. The predicted octanol–water partition coefficient (Wildman–Crippen LogP) is 5.54. The summed E-state index contributed by atoms with van der Waals surface area (Å²) in [7, 11) is 0. The maximum absolute atomic E-state index is 12.6. The first kappa shape index (κ1) is 24.2. The number of rotatable bonds is 7. The van der Waals surface area contributed by atoms with Crippen LogP contribution in [0, 0.1) is 0 Å². The molecule has 1 heterocycles. The number of hydrogen-bond acceptors (Lipinski definition) is 6. The molecule has 2 fully saturated rings. The van der Waals surface area contributed by atoms with Gasteiger partial charge in [0, 0.05) is 12.8 Å². The predicted molar refractivity (Wildman–Crippen MR) is 134 cm³/mol. The second kappa shape index (κ2) is 10.6. The van der Waals surface area contributed by atoms with Crippen LogP contribution in [0.1, 0.15) is 57.9 Å². The first-order chi connectivity index (χ1) is 17.6. The van der Waals surface area contributed by atoms with Gasteiger partial charge in [0.25, 0.3) is 0 Å². The fraction of sp³-hybridized carbons (Fsp3) is 0.333. The van der Waals surface area contributed by atoms with Crippen LogP contribution in [0.5, 0.6) is 0 Å². The molecule has 0 unspecified atom stereocenters. The Balaban J connectivity index is 1.27. The van der Waals surface area contributed by atoms with Crippen molar-refractivity contribution in [1.29, 1.82) is 0 Å². The number of esters is 2. The van der Waals surface area contributed by atoms with E-state index >= 15 is 0 Å². The number of ether oxygens (including phenoxy) is 4. The van der Waals surface area contributed by atoms with Gasteiger partial charge < -0.3 is 18.9 Å². The molecule has 6 nitrogen and oxygen atoms in total. The lowest BCUT2D eigenvalue weighted by atomic mass is 9.81. The Morgan fingerprint density at radius 2 is 1.19 bits per heavy atom. The number of hydrogen-bond donors (Lipinski definition) is 0. The van der Waals surface area contributed by atoms with Crippen molar-refractivity contribution in [3.8, 4) is 0 Å². The zero-order valence-corrected chi connectivity index (χ0v) is 20.1. The minimum absolute atomic E-state index is 0.0767. The number of carbonyl (C=O) groups is 2. The van der Waals surface area contributed by atoms with Crippen LogP contribution < -0.4 is 0 Å². The van der Waals surface area contributed by atoms with Crippen LogP contribution >= 0.6 is 0 Å². The highest BCUT2D eigenvalue weighted by molar-refractivity contribution is 5.89. The van der Waals surface area contributed by atoms with Crippen LogP contribution in [0.15, 0.2) is 91.0 Å². The zero-order chi connectivity index (χ0) is 24.8. The van der Waals surface area contributed by atoms with E-state index in [1.54, 1.807) is 48.5 Å². The second-order valence-corrected chi connectivity index (χ2v) is 9.55. The third-order valence-corrected chi connectivity index (χ3v) is 6.97. The molecule has 1 saturated carbocycles. The van der Waals surface area contributed by atoms with Crippen molar-refractivity contribution in [2.75, 3.05) is 19.8 Å². The van der Waals surface area contributed by atoms with E-state index < -0.39 is 23.3 Å². The second-order valence-electron chi connectivity index (χ2n) is 9.55. The lowest BCUT2D eigenvalue weighted by Gasteiger charge is -2.37. The van der Waals surface area contributed by atoms with E-state index in [0.29, 0.717) is 29.9 Å². The zero-order valence-electron chi connectivity index (χ0n) is 20.1. The van der Waals surface area contributed by atoms with Crippen LogP contribution in [0.4, 0.5) is 0 Å². The Bertz CT molecular complexity index is 1100. The number of benzene rings is 3. The minimum atomic E-state index is -1.07. The molecule has 0 amide bonds. The Labute approximate surface area is 211 Å². The van der Waals surface area contributed by atoms with E-state index in [2.05, 4.69) is 24.3 Å². The van der Waals surface area contributed by atoms with Crippen molar-refractivity contribution in [3.05, 3.63) is 108 Å². The third-order valence-electron chi connectivity index (χ3n) is 6.97. The van der Waals surface area contributed by atoms with Crippen LogP contribution in [0.3, 0.4) is 0 Å². The molecule has 186 valence electrons. The van der Waals surface area contributed by atoms with Gasteiger partial charge >= 0.3 is 11.9 Å². The molecule has 36 heavy (non-hydrogen) atoms. The van der Waals surface area contributed by atoms with Crippen LogP contribution in [-0.2, 0) is 18.9 Å². The smallest absolute Gasteiger partial charge is 0.338 e. The highest BCUT2D eigenvalue weighted by atomic mass is 16.8. The maximum Gasteiger partial charge on any atom is 0.338 e. The molecule has 0 aromatic heterocycles. The molecule has 0 atom stereocenters. The monoisotopic (exact) mass is 486 g/mol. The summed E-state index contributed by atoms with van der Waals surface area (Å²) in [6.07, 6.45) is 3.28. The Morgan fingerprint density at radius 1 is 0.722 bits per heavy atom. The van der Waals surface area contributed by atoms with Gasteiger partial charge in [-0.05, 0) is 48.6 Å². The molecular formula is C30H30O6. The Kier molecular flexibility index (Phi) is 7.16. The lowest BCUT2D eigenvalue weighted by Crippen LogP contribution is -2.46. The van der Waals surface area contributed by atoms with Gasteiger partial charge in [-0.3, -0.25) is 0 Å². The molecule has 2 aliphatic rings. The average molecular weight is 487 g/mol. The summed E-state index contributed by atoms with van der Waals surface area (Å²) in [4.78, 5) is 25.3. The summed E-state index contributed by atoms with van der Waals surface area (Å²) in [6, 6.07) is 28.1. The maximum atomic E-state index is 12.6. The minimum Gasteiger partial charge on any atom is -0.459 e. The SMILES string of the molecule is O=C(OCC1(COC(=O)c2ccccc2)COC2(CCC(c3ccccc3)CC2)O1)c1ccccc1. The van der Waals surface area contributed by atoms with Gasteiger partial charge in [-0.2, -0.15) is 0 Å². The summed E-state index contributed by atoms with van der Waals surface area (Å²) in [6.45, 7) is 0.0203. The molecule has 0 bridgehead atoms. The van der Waals surface area contributed by atoms with E-state index in [1.165, 1.54) is 5.56 Å². The Morgan fingerprint density at radius 3 is 1.69 bits per heavy atom. The molecule has 1 aliphatic heterocycles. The van der Waals surface area contributed by atoms with Crippen LogP contribution in [0.25, 0.3) is 0 Å². The molecule has 1 spiro atoms. The third kappa shape index (κ3) is 5.50. The molecule has 5 rings (SSSR count). The van der Waals surface area contributed by atoms with Gasteiger partial charge in [0.05, 0.1) is 17.7 Å². The topological polar surface area (TPSA) is 71.1 Å². The van der Waals surface area contributed by atoms with Gasteiger partial charge in [0.2, 0.25) is 0 Å². The molecule has 1 aliphatic carbocycles. The van der Waals surface area contributed by atoms with Crippen LogP contribution in [-0.4, -0.2) is 43.1 Å². The van der Waals surface area contributed by atoms with Crippen molar-refractivity contribution in [2.24, 2.45) is 0 Å². The fourth-order valence-corrected chi connectivity index (χ4v) is 4.97. The van der Waals surface area contributed by atoms with Crippen molar-refractivity contribution < 1.29 is 28.5 Å². The van der Waals surface area contributed by atoms with Crippen molar-refractivity contribution in [3.63, 3.8) is 0 Å². The van der Waals surface area contributed by atoms with Crippen molar-refractivity contribution in [1.82, 2.24) is 0 Å². The lowest BCUT2D eigenvalue weighted by molar-refractivity contribution is -0.217. The molecule has 0 N–H and O–H groups in total. The molecular weight excluding hydrogens is 456 g/mol. The summed E-state index contributed by atoms with van der Waals surface area (Å²) in [5, 5.41) is 0. The molecule has 3 aromatic carbocycles. The van der Waals surface area contributed by atoms with Gasteiger partial charge in [-0.15, -0.1) is 0 Å². The molecule has 0 radical (unpaired) electrons. The fourth-order valence-electron chi connectivity index (χ4n) is 4.97. The van der Waals surface area contributed by atoms with E-state index in [0.717, 1.165) is 12.8 Å². The largest absolute Gasteiger partial charge is 0.459 e. The summed E-state index contributed by atoms with van der Waals surface area (Å²) >= 11 is 0. The molecule has 1 saturated heterocycles. The standard InChI is InChI=1S/C30H30O6/c31-27(25-12-6-2-7-13-25)33-20-29(21-34-28(32)26-14-8-3-9-15-26)22-35-30(36-29)18-16-24(17-19-30)23-10-4-1-5-11-23/h1-15,24H,16-22H2. The first-order valence-electron chi connectivity index (χ1n) is 12.4. The van der Waals surface area contributed by atoms with Crippen molar-refractivity contribution in [2.45, 2.75) is 43.0 Å².